The number of hydrogen-bond donors (Lipinski definition) is 1. The third-order valence-corrected chi connectivity index (χ3v) is 1.70. The summed E-state index contributed by atoms with van der Waals surface area (Å²) in [6.07, 6.45) is 3.73. The predicted octanol–water partition coefficient (Wildman–Crippen LogP) is 1.53. The van der Waals surface area contributed by atoms with Crippen molar-refractivity contribution < 1.29 is 0 Å². The second-order valence-corrected chi connectivity index (χ2v) is 2.46. The zero-order valence-corrected chi connectivity index (χ0v) is 5.93. The van der Waals surface area contributed by atoms with Crippen LogP contribution in [-0.2, 0) is 0 Å². The molecule has 0 aromatic carbocycles. The lowest BCUT2D eigenvalue weighted by molar-refractivity contribution is 1.32. The maximum atomic E-state index is 4.07. The maximum Gasteiger partial charge on any atom is 0.174 e. The van der Waals surface area contributed by atoms with Crippen LogP contribution in [0, 0.1) is 0 Å². The highest BCUT2D eigenvalue weighted by molar-refractivity contribution is 7.03. The first-order valence-electron chi connectivity index (χ1n) is 2.86. The molecule has 3 nitrogen and oxygen atoms in total. The fourth-order valence-electron chi connectivity index (χ4n) is 0.761. The summed E-state index contributed by atoms with van der Waals surface area (Å²) in [7, 11) is 0. The molecular formula is C6H5N3S. The lowest BCUT2D eigenvalue weighted by Crippen LogP contribution is -1.73. The maximum absolute atomic E-state index is 4.07. The molecule has 1 N–H and O–H groups in total. The summed E-state index contributed by atoms with van der Waals surface area (Å²) >= 11 is 1.36. The van der Waals surface area contributed by atoms with Crippen molar-refractivity contribution in [1.29, 1.82) is 0 Å². The third-order valence-electron chi connectivity index (χ3n) is 1.22. The minimum atomic E-state index is 0.797. The molecule has 0 saturated carbocycles. The molecule has 2 aromatic heterocycles. The Kier molecular flexibility index (Phi) is 1.25. The molecule has 0 aliphatic carbocycles. The van der Waals surface area contributed by atoms with E-state index in [9.17, 15) is 0 Å². The van der Waals surface area contributed by atoms with Crippen molar-refractivity contribution in [2.24, 2.45) is 0 Å². The van der Waals surface area contributed by atoms with Gasteiger partial charge in [0.2, 0.25) is 0 Å². The number of hydrogen-bond acceptors (Lipinski definition) is 3. The number of rotatable bonds is 1. The summed E-state index contributed by atoms with van der Waals surface area (Å²) in [5.41, 5.74) is 2.77. The number of nitrogens with one attached hydrogen (secondary N) is 1. The van der Waals surface area contributed by atoms with Gasteiger partial charge >= 0.3 is 0 Å². The largest absolute Gasteiger partial charge is 0.367 e. The van der Waals surface area contributed by atoms with E-state index in [-0.39, 0.29) is 0 Å². The average Bonchev–Trinajstić information content (AvgIpc) is 2.59. The molecule has 2 heterocycles. The Morgan fingerprint density at radius 1 is 1.50 bits per heavy atom. The van der Waals surface area contributed by atoms with Gasteiger partial charge in [0.05, 0.1) is 0 Å². The van der Waals surface area contributed by atoms with Crippen molar-refractivity contribution >= 4 is 11.5 Å². The lowest BCUT2D eigenvalue weighted by Gasteiger charge is -1.82. The van der Waals surface area contributed by atoms with Crippen LogP contribution in [-0.4, -0.2) is 14.3 Å². The highest BCUT2D eigenvalue weighted by Gasteiger charge is 1.98. The van der Waals surface area contributed by atoms with Crippen LogP contribution in [0.2, 0.25) is 0 Å². The molecule has 2 aromatic rings. The molecule has 50 valence electrons. The van der Waals surface area contributed by atoms with Crippen molar-refractivity contribution in [2.75, 3.05) is 0 Å². The Hall–Kier alpha value is -1.16. The van der Waals surface area contributed by atoms with E-state index in [1.165, 1.54) is 11.5 Å². The zero-order chi connectivity index (χ0) is 6.81. The van der Waals surface area contributed by atoms with Gasteiger partial charge in [0, 0.05) is 18.0 Å². The molecule has 0 radical (unpaired) electrons. The Labute approximate surface area is 61.9 Å². The van der Waals surface area contributed by atoms with Crippen LogP contribution in [0.3, 0.4) is 0 Å². The molecule has 0 atom stereocenters. The number of aromatic nitrogens is 3. The van der Waals surface area contributed by atoms with Gasteiger partial charge in [-0.15, -0.1) is 0 Å². The summed E-state index contributed by atoms with van der Waals surface area (Å²) in [5, 5.41) is 0. The van der Waals surface area contributed by atoms with Crippen LogP contribution in [0.4, 0.5) is 0 Å². The van der Waals surface area contributed by atoms with Gasteiger partial charge in [0.1, 0.15) is 5.51 Å². The van der Waals surface area contributed by atoms with Gasteiger partial charge in [-0.25, -0.2) is 4.98 Å². The Bertz CT molecular complexity index is 252. The summed E-state index contributed by atoms with van der Waals surface area (Å²) in [6.45, 7) is 0. The summed E-state index contributed by atoms with van der Waals surface area (Å²) in [4.78, 5) is 6.99. The first kappa shape index (κ1) is 5.61. The number of H-pyrrole nitrogens is 1. The molecule has 4 heteroatoms. The third kappa shape index (κ3) is 0.823. The van der Waals surface area contributed by atoms with Crippen LogP contribution in [0.15, 0.2) is 24.0 Å². The quantitative estimate of drug-likeness (QED) is 0.671. The fraction of sp³-hybridized carbons (Fsp3) is 0. The van der Waals surface area contributed by atoms with Crippen LogP contribution >= 0.6 is 11.5 Å². The highest BCUT2D eigenvalue weighted by atomic mass is 32.1. The van der Waals surface area contributed by atoms with E-state index in [2.05, 4.69) is 14.3 Å². The Balaban J connectivity index is 2.48. The van der Waals surface area contributed by atoms with Crippen LogP contribution < -0.4 is 0 Å². The van der Waals surface area contributed by atoms with Crippen molar-refractivity contribution in [3.63, 3.8) is 0 Å². The van der Waals surface area contributed by atoms with E-state index in [1.54, 1.807) is 5.51 Å². The molecule has 0 bridgehead atoms. The Morgan fingerprint density at radius 3 is 3.10 bits per heavy atom. The summed E-state index contributed by atoms with van der Waals surface area (Å²) in [5.74, 6) is 0.797. The topological polar surface area (TPSA) is 41.6 Å². The standard InChI is InChI=1S/C6H5N3S/c1-2-7-3-5(1)6-8-4-10-9-6/h1-4,7H. The molecule has 0 saturated heterocycles. The molecule has 0 amide bonds. The molecule has 0 unspecified atom stereocenters. The molecular weight excluding hydrogens is 146 g/mol. The molecule has 0 fully saturated rings. The Morgan fingerprint density at radius 2 is 2.50 bits per heavy atom. The molecule has 2 rings (SSSR count). The predicted molar refractivity (Wildman–Crippen MR) is 39.7 cm³/mol. The van der Waals surface area contributed by atoms with Gasteiger partial charge in [0.25, 0.3) is 0 Å². The van der Waals surface area contributed by atoms with E-state index >= 15 is 0 Å². The molecule has 0 aliphatic heterocycles. The van der Waals surface area contributed by atoms with E-state index in [4.69, 9.17) is 0 Å². The van der Waals surface area contributed by atoms with Gasteiger partial charge in [-0.3, -0.25) is 0 Å². The van der Waals surface area contributed by atoms with Crippen LogP contribution in [0.5, 0.6) is 0 Å². The van der Waals surface area contributed by atoms with Gasteiger partial charge in [-0.2, -0.15) is 4.37 Å². The minimum absolute atomic E-state index is 0.797. The van der Waals surface area contributed by atoms with Gasteiger partial charge in [-0.05, 0) is 17.6 Å². The number of nitrogens with zero attached hydrogens (tertiary/aromatic N) is 2. The minimum Gasteiger partial charge on any atom is -0.367 e. The van der Waals surface area contributed by atoms with Crippen molar-refractivity contribution in [2.45, 2.75) is 0 Å². The van der Waals surface area contributed by atoms with E-state index in [0.717, 1.165) is 11.4 Å². The summed E-state index contributed by atoms with van der Waals surface area (Å²) < 4.78 is 4.07. The number of aromatic amines is 1. The molecule has 0 aliphatic rings. The molecule has 10 heavy (non-hydrogen) atoms. The van der Waals surface area contributed by atoms with Crippen LogP contribution in [0.1, 0.15) is 0 Å². The highest BCUT2D eigenvalue weighted by Crippen LogP contribution is 2.12. The first-order chi connectivity index (χ1) is 4.97. The van der Waals surface area contributed by atoms with E-state index < -0.39 is 0 Å². The van der Waals surface area contributed by atoms with Crippen molar-refractivity contribution in [3.05, 3.63) is 24.0 Å². The van der Waals surface area contributed by atoms with E-state index in [0.29, 0.717) is 0 Å². The molecule has 0 spiro atoms. The van der Waals surface area contributed by atoms with Crippen molar-refractivity contribution in [3.8, 4) is 11.4 Å². The second-order valence-electron chi connectivity index (χ2n) is 1.85. The van der Waals surface area contributed by atoms with E-state index in [1.807, 2.05) is 18.5 Å². The lowest BCUT2D eigenvalue weighted by atomic mass is 10.3. The fourth-order valence-corrected chi connectivity index (χ4v) is 1.21. The normalized spacial score (nSPS) is 10.0. The first-order valence-corrected chi connectivity index (χ1v) is 3.70. The zero-order valence-electron chi connectivity index (χ0n) is 5.11. The van der Waals surface area contributed by atoms with Gasteiger partial charge < -0.3 is 4.98 Å². The smallest absolute Gasteiger partial charge is 0.174 e. The monoisotopic (exact) mass is 151 g/mol. The van der Waals surface area contributed by atoms with Crippen molar-refractivity contribution in [1.82, 2.24) is 14.3 Å². The summed E-state index contributed by atoms with van der Waals surface area (Å²) in [6, 6.07) is 1.95. The van der Waals surface area contributed by atoms with Crippen LogP contribution in [0.25, 0.3) is 11.4 Å². The van der Waals surface area contributed by atoms with Gasteiger partial charge in [-0.1, -0.05) is 0 Å². The average molecular weight is 151 g/mol. The second kappa shape index (κ2) is 2.22. The van der Waals surface area contributed by atoms with Gasteiger partial charge in [0.15, 0.2) is 5.82 Å². The SMILES string of the molecule is c1cc(-c2ncsn2)c[nH]1.